The maximum atomic E-state index is 11.9. The van der Waals surface area contributed by atoms with Gasteiger partial charge in [-0.05, 0) is 13.3 Å². The smallest absolute Gasteiger partial charge is 0.228 e. The van der Waals surface area contributed by atoms with Crippen molar-refractivity contribution in [2.24, 2.45) is 5.92 Å². The van der Waals surface area contributed by atoms with Gasteiger partial charge in [0.05, 0.1) is 18.1 Å². The summed E-state index contributed by atoms with van der Waals surface area (Å²) in [6, 6.07) is 0.281. The van der Waals surface area contributed by atoms with Gasteiger partial charge in [-0.3, -0.25) is 4.79 Å². The molecule has 0 bridgehead atoms. The Morgan fingerprint density at radius 1 is 1.50 bits per heavy atom. The third-order valence-corrected chi connectivity index (χ3v) is 3.31. The van der Waals surface area contributed by atoms with Crippen LogP contribution in [0.3, 0.4) is 0 Å². The highest BCUT2D eigenvalue weighted by Crippen LogP contribution is 2.20. The molecule has 2 aliphatic rings. The van der Waals surface area contributed by atoms with Gasteiger partial charge in [0.15, 0.2) is 0 Å². The average molecular weight is 198 g/mol. The fourth-order valence-corrected chi connectivity index (χ4v) is 2.14. The summed E-state index contributed by atoms with van der Waals surface area (Å²) in [6.07, 6.45) is 1.17. The van der Waals surface area contributed by atoms with E-state index in [1.54, 1.807) is 0 Å². The zero-order chi connectivity index (χ0) is 10.1. The molecule has 1 amide bonds. The number of rotatable bonds is 2. The van der Waals surface area contributed by atoms with E-state index in [2.05, 4.69) is 5.32 Å². The van der Waals surface area contributed by atoms with Crippen molar-refractivity contribution >= 4 is 5.91 Å². The van der Waals surface area contributed by atoms with Crippen molar-refractivity contribution in [3.63, 3.8) is 0 Å². The van der Waals surface area contributed by atoms with Crippen LogP contribution in [0.1, 0.15) is 13.3 Å². The monoisotopic (exact) mass is 198 g/mol. The second-order valence-electron chi connectivity index (χ2n) is 4.24. The molecular weight excluding hydrogens is 180 g/mol. The van der Waals surface area contributed by atoms with Crippen molar-refractivity contribution in [3.8, 4) is 0 Å². The maximum Gasteiger partial charge on any atom is 0.228 e. The number of nitrogens with zero attached hydrogens (tertiary/aromatic N) is 1. The molecule has 14 heavy (non-hydrogen) atoms. The van der Waals surface area contributed by atoms with E-state index < -0.39 is 0 Å². The molecule has 0 saturated carbocycles. The Kier molecular flexibility index (Phi) is 2.74. The van der Waals surface area contributed by atoms with Gasteiger partial charge in [-0.25, -0.2) is 0 Å². The highest BCUT2D eigenvalue weighted by molar-refractivity contribution is 5.80. The number of hydrogen-bond acceptors (Lipinski definition) is 3. The summed E-state index contributed by atoms with van der Waals surface area (Å²) in [4.78, 5) is 13.8. The molecule has 4 nitrogen and oxygen atoms in total. The van der Waals surface area contributed by atoms with Crippen LogP contribution in [0, 0.1) is 5.92 Å². The molecule has 2 atom stereocenters. The number of carbonyl (C=O) groups is 1. The van der Waals surface area contributed by atoms with Crippen LogP contribution >= 0.6 is 0 Å². The standard InChI is InChI=1S/C10H18N2O2/c1-7-9(3-4-14-7)12(2)10(13)8-5-11-6-8/h7-9,11H,3-6H2,1-2H3. The van der Waals surface area contributed by atoms with Crippen molar-refractivity contribution < 1.29 is 9.53 Å². The first-order chi connectivity index (χ1) is 6.70. The fraction of sp³-hybridized carbons (Fsp3) is 0.900. The van der Waals surface area contributed by atoms with Crippen LogP contribution in [0.2, 0.25) is 0 Å². The van der Waals surface area contributed by atoms with Gasteiger partial charge in [0.25, 0.3) is 0 Å². The van der Waals surface area contributed by atoms with Gasteiger partial charge < -0.3 is 15.0 Å². The summed E-state index contributed by atoms with van der Waals surface area (Å²) in [7, 11) is 1.90. The average Bonchev–Trinajstić information content (AvgIpc) is 2.47. The Morgan fingerprint density at radius 3 is 2.64 bits per heavy atom. The molecule has 0 aromatic rings. The number of carbonyl (C=O) groups excluding carboxylic acids is 1. The Hall–Kier alpha value is -0.610. The van der Waals surface area contributed by atoms with Crippen molar-refractivity contribution in [2.45, 2.75) is 25.5 Å². The van der Waals surface area contributed by atoms with Gasteiger partial charge in [0.2, 0.25) is 5.91 Å². The second kappa shape index (κ2) is 3.87. The highest BCUT2D eigenvalue weighted by atomic mass is 16.5. The molecule has 2 unspecified atom stereocenters. The van der Waals surface area contributed by atoms with E-state index in [0.717, 1.165) is 26.1 Å². The molecule has 0 aliphatic carbocycles. The first-order valence-electron chi connectivity index (χ1n) is 5.29. The van der Waals surface area contributed by atoms with Gasteiger partial charge in [0, 0.05) is 26.7 Å². The molecule has 0 radical (unpaired) electrons. The number of ether oxygens (including phenoxy) is 1. The normalized spacial score (nSPS) is 32.7. The second-order valence-corrected chi connectivity index (χ2v) is 4.24. The molecule has 0 aromatic carbocycles. The zero-order valence-corrected chi connectivity index (χ0v) is 8.82. The number of amides is 1. The Labute approximate surface area is 84.6 Å². The molecule has 4 heteroatoms. The van der Waals surface area contributed by atoms with Gasteiger partial charge >= 0.3 is 0 Å². The van der Waals surface area contributed by atoms with Crippen molar-refractivity contribution in [2.75, 3.05) is 26.7 Å². The minimum absolute atomic E-state index is 0.192. The lowest BCUT2D eigenvalue weighted by molar-refractivity contribution is -0.138. The molecule has 2 heterocycles. The zero-order valence-electron chi connectivity index (χ0n) is 8.82. The molecule has 2 aliphatic heterocycles. The molecule has 2 rings (SSSR count). The number of hydrogen-bond donors (Lipinski definition) is 1. The van der Waals surface area contributed by atoms with E-state index >= 15 is 0 Å². The lowest BCUT2D eigenvalue weighted by Gasteiger charge is -2.34. The molecule has 1 N–H and O–H groups in total. The Morgan fingerprint density at radius 2 is 2.21 bits per heavy atom. The first kappa shape index (κ1) is 9.93. The van der Waals surface area contributed by atoms with Gasteiger partial charge in [0.1, 0.15) is 0 Å². The van der Waals surface area contributed by atoms with Crippen LogP contribution in [0.15, 0.2) is 0 Å². The van der Waals surface area contributed by atoms with E-state index in [1.165, 1.54) is 0 Å². The number of likely N-dealkylation sites (N-methyl/N-ethyl adjacent to an activating group) is 1. The minimum Gasteiger partial charge on any atom is -0.376 e. The largest absolute Gasteiger partial charge is 0.376 e. The fourth-order valence-electron chi connectivity index (χ4n) is 2.14. The molecule has 2 fully saturated rings. The van der Waals surface area contributed by atoms with E-state index in [1.807, 2.05) is 18.9 Å². The van der Waals surface area contributed by atoms with Crippen LogP contribution < -0.4 is 5.32 Å². The molecular formula is C10H18N2O2. The summed E-state index contributed by atoms with van der Waals surface area (Å²) in [5, 5.41) is 3.12. The molecule has 0 aromatic heterocycles. The molecule has 0 spiro atoms. The van der Waals surface area contributed by atoms with Crippen LogP contribution in [-0.4, -0.2) is 49.7 Å². The Balaban J connectivity index is 1.92. The molecule has 80 valence electrons. The van der Waals surface area contributed by atoms with E-state index in [9.17, 15) is 4.79 Å². The summed E-state index contributed by atoms with van der Waals surface area (Å²) in [6.45, 7) is 4.50. The molecule has 2 saturated heterocycles. The number of nitrogens with one attached hydrogen (secondary N) is 1. The maximum absolute atomic E-state index is 11.9. The summed E-state index contributed by atoms with van der Waals surface area (Å²) >= 11 is 0. The SMILES string of the molecule is CC1OCCC1N(C)C(=O)C1CNC1. The lowest BCUT2D eigenvalue weighted by atomic mass is 10.00. The van der Waals surface area contributed by atoms with Crippen LogP contribution in [0.4, 0.5) is 0 Å². The summed E-state index contributed by atoms with van der Waals surface area (Å²) in [5.74, 6) is 0.471. The third kappa shape index (κ3) is 1.64. The van der Waals surface area contributed by atoms with E-state index in [4.69, 9.17) is 4.74 Å². The first-order valence-corrected chi connectivity index (χ1v) is 5.29. The Bertz CT molecular complexity index is 228. The van der Waals surface area contributed by atoms with Crippen LogP contribution in [0.25, 0.3) is 0 Å². The van der Waals surface area contributed by atoms with E-state index in [-0.39, 0.29) is 24.0 Å². The quantitative estimate of drug-likeness (QED) is 0.670. The van der Waals surface area contributed by atoms with Gasteiger partial charge in [-0.15, -0.1) is 0 Å². The van der Waals surface area contributed by atoms with E-state index in [0.29, 0.717) is 0 Å². The van der Waals surface area contributed by atoms with Crippen molar-refractivity contribution in [1.29, 1.82) is 0 Å². The van der Waals surface area contributed by atoms with Crippen molar-refractivity contribution in [3.05, 3.63) is 0 Å². The third-order valence-electron chi connectivity index (χ3n) is 3.31. The topological polar surface area (TPSA) is 41.6 Å². The van der Waals surface area contributed by atoms with Crippen LogP contribution in [-0.2, 0) is 9.53 Å². The lowest BCUT2D eigenvalue weighted by Crippen LogP contribution is -2.54. The predicted molar refractivity (Wildman–Crippen MR) is 52.9 cm³/mol. The highest BCUT2D eigenvalue weighted by Gasteiger charge is 2.35. The van der Waals surface area contributed by atoms with Crippen molar-refractivity contribution in [1.82, 2.24) is 10.2 Å². The van der Waals surface area contributed by atoms with Crippen LogP contribution in [0.5, 0.6) is 0 Å². The summed E-state index contributed by atoms with van der Waals surface area (Å²) < 4.78 is 5.46. The van der Waals surface area contributed by atoms with Gasteiger partial charge in [-0.2, -0.15) is 0 Å². The minimum atomic E-state index is 0.192. The predicted octanol–water partition coefficient (Wildman–Crippen LogP) is -0.158. The summed E-state index contributed by atoms with van der Waals surface area (Å²) in [5.41, 5.74) is 0. The van der Waals surface area contributed by atoms with Gasteiger partial charge in [-0.1, -0.05) is 0 Å².